The largest absolute Gasteiger partial charge is 0.377 e. The van der Waals surface area contributed by atoms with E-state index in [0.29, 0.717) is 0 Å². The van der Waals surface area contributed by atoms with Gasteiger partial charge in [0.05, 0.1) is 5.69 Å². The Balaban J connectivity index is 2.36. The van der Waals surface area contributed by atoms with Gasteiger partial charge in [-0.1, -0.05) is 13.0 Å². The number of hydrogen-bond donors (Lipinski definition) is 1. The van der Waals surface area contributed by atoms with E-state index < -0.39 is 0 Å². The molecule has 0 saturated heterocycles. The number of benzene rings is 1. The molecular formula is C15H22N4. The molecule has 0 fully saturated rings. The molecule has 0 radical (unpaired) electrons. The van der Waals surface area contributed by atoms with E-state index >= 15 is 0 Å². The highest BCUT2D eigenvalue weighted by molar-refractivity contribution is 5.59. The number of imidazole rings is 1. The standard InChI is InChI=1S/C15H22N4/c1-5-8-16-15-17-9-10-19(15)13-7-6-12(2)14(11-13)18(3)4/h6-7,9-11H,5,8H2,1-4H3,(H,16,17). The molecule has 1 aromatic carbocycles. The third kappa shape index (κ3) is 2.89. The van der Waals surface area contributed by atoms with E-state index in [2.05, 4.69) is 65.9 Å². The van der Waals surface area contributed by atoms with Crippen molar-refractivity contribution < 1.29 is 0 Å². The molecule has 0 unspecified atom stereocenters. The number of anilines is 2. The first kappa shape index (κ1) is 13.5. The van der Waals surface area contributed by atoms with Gasteiger partial charge in [0.15, 0.2) is 0 Å². The molecule has 0 spiro atoms. The minimum atomic E-state index is 0.899. The maximum Gasteiger partial charge on any atom is 0.207 e. The van der Waals surface area contributed by atoms with Crippen LogP contribution in [-0.2, 0) is 0 Å². The summed E-state index contributed by atoms with van der Waals surface area (Å²) in [6.07, 6.45) is 4.90. The predicted molar refractivity (Wildman–Crippen MR) is 81.4 cm³/mol. The molecule has 2 aromatic rings. The Bertz CT molecular complexity index is 543. The molecule has 2 rings (SSSR count). The average Bonchev–Trinajstić information content (AvgIpc) is 2.85. The number of aromatic nitrogens is 2. The monoisotopic (exact) mass is 258 g/mol. The maximum atomic E-state index is 4.37. The van der Waals surface area contributed by atoms with Crippen LogP contribution >= 0.6 is 0 Å². The second-order valence-electron chi connectivity index (χ2n) is 4.91. The van der Waals surface area contributed by atoms with E-state index in [1.165, 1.54) is 11.3 Å². The van der Waals surface area contributed by atoms with Gasteiger partial charge in [0.1, 0.15) is 0 Å². The highest BCUT2D eigenvalue weighted by Gasteiger charge is 2.07. The van der Waals surface area contributed by atoms with Gasteiger partial charge in [-0.3, -0.25) is 4.57 Å². The van der Waals surface area contributed by atoms with Crippen LogP contribution in [0.1, 0.15) is 18.9 Å². The van der Waals surface area contributed by atoms with Gasteiger partial charge in [-0.25, -0.2) is 4.98 Å². The lowest BCUT2D eigenvalue weighted by molar-refractivity contribution is 0.936. The molecule has 1 heterocycles. The van der Waals surface area contributed by atoms with Crippen LogP contribution < -0.4 is 10.2 Å². The quantitative estimate of drug-likeness (QED) is 0.894. The van der Waals surface area contributed by atoms with Crippen LogP contribution in [0.4, 0.5) is 11.6 Å². The van der Waals surface area contributed by atoms with Gasteiger partial charge in [-0.2, -0.15) is 0 Å². The topological polar surface area (TPSA) is 33.1 Å². The van der Waals surface area contributed by atoms with E-state index in [9.17, 15) is 0 Å². The molecule has 0 aliphatic rings. The van der Waals surface area contributed by atoms with E-state index in [1.807, 2.05) is 12.4 Å². The van der Waals surface area contributed by atoms with Crippen molar-refractivity contribution in [1.82, 2.24) is 9.55 Å². The van der Waals surface area contributed by atoms with Gasteiger partial charge in [0.2, 0.25) is 5.95 Å². The summed E-state index contributed by atoms with van der Waals surface area (Å²) in [7, 11) is 4.13. The first-order chi connectivity index (χ1) is 9.13. The molecule has 1 N–H and O–H groups in total. The van der Waals surface area contributed by atoms with Crippen molar-refractivity contribution in [3.8, 4) is 5.69 Å². The Hall–Kier alpha value is -1.97. The van der Waals surface area contributed by atoms with Crippen molar-refractivity contribution in [1.29, 1.82) is 0 Å². The van der Waals surface area contributed by atoms with Crippen molar-refractivity contribution in [2.24, 2.45) is 0 Å². The van der Waals surface area contributed by atoms with Crippen LogP contribution in [0.25, 0.3) is 5.69 Å². The summed E-state index contributed by atoms with van der Waals surface area (Å²) in [5.74, 6) is 0.899. The smallest absolute Gasteiger partial charge is 0.207 e. The third-order valence-electron chi connectivity index (χ3n) is 3.13. The normalized spacial score (nSPS) is 10.5. The van der Waals surface area contributed by atoms with Crippen molar-refractivity contribution in [3.63, 3.8) is 0 Å². The molecule has 0 aliphatic carbocycles. The molecule has 0 aliphatic heterocycles. The van der Waals surface area contributed by atoms with Crippen molar-refractivity contribution >= 4 is 11.6 Å². The summed E-state index contributed by atoms with van der Waals surface area (Å²) in [5.41, 5.74) is 3.63. The molecule has 102 valence electrons. The van der Waals surface area contributed by atoms with Crippen LogP contribution in [-0.4, -0.2) is 30.2 Å². The minimum Gasteiger partial charge on any atom is -0.377 e. The third-order valence-corrected chi connectivity index (χ3v) is 3.13. The van der Waals surface area contributed by atoms with Gasteiger partial charge in [-0.15, -0.1) is 0 Å². The molecule has 0 bridgehead atoms. The van der Waals surface area contributed by atoms with Crippen molar-refractivity contribution in [2.45, 2.75) is 20.3 Å². The summed E-state index contributed by atoms with van der Waals surface area (Å²) in [5, 5.41) is 3.34. The Morgan fingerprint density at radius 3 is 2.79 bits per heavy atom. The summed E-state index contributed by atoms with van der Waals surface area (Å²) >= 11 is 0. The molecular weight excluding hydrogens is 236 g/mol. The van der Waals surface area contributed by atoms with Crippen LogP contribution in [0.15, 0.2) is 30.6 Å². The fraction of sp³-hybridized carbons (Fsp3) is 0.400. The Morgan fingerprint density at radius 2 is 2.11 bits per heavy atom. The number of nitrogens with one attached hydrogen (secondary N) is 1. The van der Waals surface area contributed by atoms with Gasteiger partial charge >= 0.3 is 0 Å². The van der Waals surface area contributed by atoms with E-state index in [0.717, 1.165) is 24.6 Å². The van der Waals surface area contributed by atoms with Crippen LogP contribution in [0.5, 0.6) is 0 Å². The SMILES string of the molecule is CCCNc1nccn1-c1ccc(C)c(N(C)C)c1. The van der Waals surface area contributed by atoms with Gasteiger partial charge < -0.3 is 10.2 Å². The first-order valence-corrected chi connectivity index (χ1v) is 6.69. The average molecular weight is 258 g/mol. The zero-order valence-corrected chi connectivity index (χ0v) is 12.1. The van der Waals surface area contributed by atoms with Gasteiger partial charge in [0.25, 0.3) is 0 Å². The zero-order chi connectivity index (χ0) is 13.8. The Labute approximate surface area is 115 Å². The predicted octanol–water partition coefficient (Wildman–Crippen LogP) is 3.07. The highest BCUT2D eigenvalue weighted by atomic mass is 15.2. The summed E-state index contributed by atoms with van der Waals surface area (Å²) < 4.78 is 2.09. The van der Waals surface area contributed by atoms with Gasteiger partial charge in [-0.05, 0) is 31.0 Å². The zero-order valence-electron chi connectivity index (χ0n) is 12.1. The summed E-state index contributed by atoms with van der Waals surface area (Å²) in [6, 6.07) is 6.46. The lowest BCUT2D eigenvalue weighted by atomic mass is 10.1. The Morgan fingerprint density at radius 1 is 1.32 bits per heavy atom. The van der Waals surface area contributed by atoms with Crippen LogP contribution in [0.3, 0.4) is 0 Å². The van der Waals surface area contributed by atoms with E-state index in [-0.39, 0.29) is 0 Å². The second-order valence-corrected chi connectivity index (χ2v) is 4.91. The highest BCUT2D eigenvalue weighted by Crippen LogP contribution is 2.23. The number of nitrogens with zero attached hydrogens (tertiary/aromatic N) is 3. The number of hydrogen-bond acceptors (Lipinski definition) is 3. The lowest BCUT2D eigenvalue weighted by Crippen LogP contribution is -2.11. The number of rotatable bonds is 5. The molecule has 1 aromatic heterocycles. The van der Waals surface area contributed by atoms with Gasteiger partial charge in [0, 0.05) is 38.7 Å². The second kappa shape index (κ2) is 5.78. The van der Waals surface area contributed by atoms with E-state index in [1.54, 1.807) is 0 Å². The summed E-state index contributed by atoms with van der Waals surface area (Å²) in [6.45, 7) is 5.21. The van der Waals surface area contributed by atoms with Crippen molar-refractivity contribution in [3.05, 3.63) is 36.2 Å². The molecule has 0 saturated carbocycles. The maximum absolute atomic E-state index is 4.37. The molecule has 19 heavy (non-hydrogen) atoms. The van der Waals surface area contributed by atoms with Crippen molar-refractivity contribution in [2.75, 3.05) is 30.9 Å². The fourth-order valence-corrected chi connectivity index (χ4v) is 2.11. The van der Waals surface area contributed by atoms with Crippen LogP contribution in [0, 0.1) is 6.92 Å². The van der Waals surface area contributed by atoms with E-state index in [4.69, 9.17) is 0 Å². The summed E-state index contributed by atoms with van der Waals surface area (Å²) in [4.78, 5) is 6.50. The van der Waals surface area contributed by atoms with Crippen LogP contribution in [0.2, 0.25) is 0 Å². The molecule has 4 nitrogen and oxygen atoms in total. The first-order valence-electron chi connectivity index (χ1n) is 6.69. The molecule has 4 heteroatoms. The molecule has 0 atom stereocenters. The lowest BCUT2D eigenvalue weighted by Gasteiger charge is -2.18. The fourth-order valence-electron chi connectivity index (χ4n) is 2.11. The minimum absolute atomic E-state index is 0.899. The molecule has 0 amide bonds. The Kier molecular flexibility index (Phi) is 4.10. The number of aryl methyl sites for hydroxylation is 1.